The number of anilines is 2. The minimum atomic E-state index is -0.871. The van der Waals surface area contributed by atoms with Gasteiger partial charge in [-0.1, -0.05) is 6.07 Å². The number of aliphatic carboxylic acids is 1. The van der Waals surface area contributed by atoms with Gasteiger partial charge in [-0.25, -0.2) is 0 Å². The molecule has 2 bridgehead atoms. The molecule has 6 nitrogen and oxygen atoms in total. The van der Waals surface area contributed by atoms with E-state index in [9.17, 15) is 19.5 Å². The molecule has 2 aliphatic rings. The molecule has 6 heteroatoms. The molecule has 3 rings (SSSR count). The molecule has 0 unspecified atom stereocenters. The predicted octanol–water partition coefficient (Wildman–Crippen LogP) is 2.33. The number of carboxylic acids is 1. The normalized spacial score (nSPS) is 28.4. The van der Waals surface area contributed by atoms with Crippen LogP contribution in [0.25, 0.3) is 0 Å². The minimum absolute atomic E-state index is 0.124. The highest BCUT2D eigenvalue weighted by Crippen LogP contribution is 2.52. The number of nitrogens with one attached hydrogen (secondary N) is 2. The van der Waals surface area contributed by atoms with E-state index < -0.39 is 17.8 Å². The van der Waals surface area contributed by atoms with E-state index in [0.29, 0.717) is 11.4 Å². The second kappa shape index (κ2) is 6.02. The quantitative estimate of drug-likeness (QED) is 0.794. The maximum Gasteiger partial charge on any atom is 0.307 e. The van der Waals surface area contributed by atoms with Crippen molar-refractivity contribution < 1.29 is 19.5 Å². The Labute approximate surface area is 134 Å². The largest absolute Gasteiger partial charge is 0.481 e. The SMILES string of the molecule is CC(=O)Nc1cccc(NC(=O)[C@H]2[C@H]3CC[C@@H](C3)[C@@H]2C(=O)O)c1. The van der Waals surface area contributed by atoms with Crippen molar-refractivity contribution in [3.8, 4) is 0 Å². The van der Waals surface area contributed by atoms with Gasteiger partial charge in [0.15, 0.2) is 0 Å². The van der Waals surface area contributed by atoms with E-state index in [-0.39, 0.29) is 23.7 Å². The minimum Gasteiger partial charge on any atom is -0.481 e. The van der Waals surface area contributed by atoms with Crippen molar-refractivity contribution in [2.45, 2.75) is 26.2 Å². The summed E-state index contributed by atoms with van der Waals surface area (Å²) in [6.45, 7) is 1.41. The molecule has 0 radical (unpaired) electrons. The van der Waals surface area contributed by atoms with Crippen LogP contribution in [0.2, 0.25) is 0 Å². The van der Waals surface area contributed by atoms with Crippen LogP contribution < -0.4 is 10.6 Å². The van der Waals surface area contributed by atoms with E-state index in [2.05, 4.69) is 10.6 Å². The van der Waals surface area contributed by atoms with Crippen molar-refractivity contribution in [1.82, 2.24) is 0 Å². The van der Waals surface area contributed by atoms with Crippen molar-refractivity contribution in [3.05, 3.63) is 24.3 Å². The van der Waals surface area contributed by atoms with Crippen LogP contribution >= 0.6 is 0 Å². The van der Waals surface area contributed by atoms with Crippen molar-refractivity contribution in [3.63, 3.8) is 0 Å². The van der Waals surface area contributed by atoms with Gasteiger partial charge in [0.05, 0.1) is 11.8 Å². The highest BCUT2D eigenvalue weighted by Gasteiger charge is 2.53. The molecule has 23 heavy (non-hydrogen) atoms. The van der Waals surface area contributed by atoms with E-state index in [1.165, 1.54) is 6.92 Å². The third-order valence-electron chi connectivity index (χ3n) is 4.95. The summed E-state index contributed by atoms with van der Waals surface area (Å²) in [7, 11) is 0. The maximum absolute atomic E-state index is 12.6. The van der Waals surface area contributed by atoms with Crippen LogP contribution in [0, 0.1) is 23.7 Å². The number of carbonyl (C=O) groups is 3. The second-order valence-electron chi connectivity index (χ2n) is 6.47. The van der Waals surface area contributed by atoms with Crippen molar-refractivity contribution in [2.24, 2.45) is 23.7 Å². The lowest BCUT2D eigenvalue weighted by Crippen LogP contribution is -2.37. The summed E-state index contributed by atoms with van der Waals surface area (Å²) in [5, 5.41) is 14.9. The lowest BCUT2D eigenvalue weighted by atomic mass is 9.78. The van der Waals surface area contributed by atoms with Crippen molar-refractivity contribution in [1.29, 1.82) is 0 Å². The van der Waals surface area contributed by atoms with E-state index >= 15 is 0 Å². The Morgan fingerprint density at radius 1 is 1.04 bits per heavy atom. The topological polar surface area (TPSA) is 95.5 Å². The summed E-state index contributed by atoms with van der Waals surface area (Å²) in [5.74, 6) is -2.04. The van der Waals surface area contributed by atoms with Crippen molar-refractivity contribution in [2.75, 3.05) is 10.6 Å². The van der Waals surface area contributed by atoms with Gasteiger partial charge in [0, 0.05) is 18.3 Å². The van der Waals surface area contributed by atoms with Crippen LogP contribution in [0.5, 0.6) is 0 Å². The summed E-state index contributed by atoms with van der Waals surface area (Å²) in [5.41, 5.74) is 1.16. The lowest BCUT2D eigenvalue weighted by molar-refractivity contribution is -0.148. The molecule has 0 heterocycles. The third kappa shape index (κ3) is 3.06. The highest BCUT2D eigenvalue weighted by molar-refractivity contribution is 5.97. The fourth-order valence-corrected chi connectivity index (χ4v) is 4.13. The molecule has 4 atom stereocenters. The van der Waals surface area contributed by atoms with Gasteiger partial charge in [0.1, 0.15) is 0 Å². The molecular formula is C17H20N2O4. The summed E-state index contributed by atoms with van der Waals surface area (Å²) in [6.07, 6.45) is 2.67. The number of carbonyl (C=O) groups excluding carboxylic acids is 2. The molecule has 2 aliphatic carbocycles. The van der Waals surface area contributed by atoms with Gasteiger partial charge in [0.2, 0.25) is 11.8 Å². The summed E-state index contributed by atoms with van der Waals surface area (Å²) >= 11 is 0. The maximum atomic E-state index is 12.6. The average molecular weight is 316 g/mol. The molecule has 1 aromatic rings. The molecule has 2 amide bonds. The Hall–Kier alpha value is -2.37. The zero-order valence-electron chi connectivity index (χ0n) is 12.9. The molecule has 0 aromatic heterocycles. The molecule has 2 fully saturated rings. The first-order chi connectivity index (χ1) is 11.0. The average Bonchev–Trinajstić information content (AvgIpc) is 3.07. The van der Waals surface area contributed by atoms with Crippen LogP contribution in [0.15, 0.2) is 24.3 Å². The van der Waals surface area contributed by atoms with E-state index in [1.807, 2.05) is 0 Å². The first-order valence-electron chi connectivity index (χ1n) is 7.87. The van der Waals surface area contributed by atoms with Gasteiger partial charge in [-0.15, -0.1) is 0 Å². The van der Waals surface area contributed by atoms with Gasteiger partial charge in [-0.3, -0.25) is 14.4 Å². The summed E-state index contributed by atoms with van der Waals surface area (Å²) in [6, 6.07) is 6.86. The second-order valence-corrected chi connectivity index (χ2v) is 6.47. The van der Waals surface area contributed by atoms with Gasteiger partial charge >= 0.3 is 5.97 Å². The number of hydrogen-bond acceptors (Lipinski definition) is 3. The Morgan fingerprint density at radius 3 is 2.26 bits per heavy atom. The van der Waals surface area contributed by atoms with E-state index in [0.717, 1.165) is 19.3 Å². The van der Waals surface area contributed by atoms with Gasteiger partial charge in [0.25, 0.3) is 0 Å². The molecular weight excluding hydrogens is 296 g/mol. The number of rotatable bonds is 4. The predicted molar refractivity (Wildman–Crippen MR) is 84.8 cm³/mol. The molecule has 2 saturated carbocycles. The first-order valence-corrected chi connectivity index (χ1v) is 7.87. The van der Waals surface area contributed by atoms with Gasteiger partial charge < -0.3 is 15.7 Å². The molecule has 122 valence electrons. The summed E-state index contributed by atoms with van der Waals surface area (Å²) < 4.78 is 0. The Kier molecular flexibility index (Phi) is 4.07. The fourth-order valence-electron chi connectivity index (χ4n) is 4.13. The number of fused-ring (bicyclic) bond motifs is 2. The number of amides is 2. The smallest absolute Gasteiger partial charge is 0.307 e. The molecule has 0 saturated heterocycles. The molecule has 1 aromatic carbocycles. The van der Waals surface area contributed by atoms with Crippen LogP contribution in [-0.4, -0.2) is 22.9 Å². The zero-order chi connectivity index (χ0) is 16.6. The van der Waals surface area contributed by atoms with Gasteiger partial charge in [-0.2, -0.15) is 0 Å². The Morgan fingerprint density at radius 2 is 1.65 bits per heavy atom. The first kappa shape index (κ1) is 15.5. The number of carboxylic acid groups (broad SMARTS) is 1. The van der Waals surface area contributed by atoms with E-state index in [4.69, 9.17) is 0 Å². The van der Waals surface area contributed by atoms with Crippen LogP contribution in [0.1, 0.15) is 26.2 Å². The Balaban J connectivity index is 1.74. The lowest BCUT2D eigenvalue weighted by Gasteiger charge is -2.27. The monoisotopic (exact) mass is 316 g/mol. The molecule has 0 spiro atoms. The molecule has 0 aliphatic heterocycles. The fraction of sp³-hybridized carbons (Fsp3) is 0.471. The highest BCUT2D eigenvalue weighted by atomic mass is 16.4. The zero-order valence-corrected chi connectivity index (χ0v) is 12.9. The van der Waals surface area contributed by atoms with Crippen LogP contribution in [-0.2, 0) is 14.4 Å². The standard InChI is InChI=1S/C17H20N2O4/c1-9(20)18-12-3-2-4-13(8-12)19-16(21)14-10-5-6-11(7-10)15(14)17(22)23/h2-4,8,10-11,14-15H,5-7H2,1H3,(H,18,20)(H,19,21)(H,22,23)/t10-,11-,14-,15-/m0/s1. The van der Waals surface area contributed by atoms with Crippen molar-refractivity contribution >= 4 is 29.2 Å². The number of benzene rings is 1. The van der Waals surface area contributed by atoms with Gasteiger partial charge in [-0.05, 0) is 49.3 Å². The third-order valence-corrected chi connectivity index (χ3v) is 4.95. The van der Waals surface area contributed by atoms with Crippen LogP contribution in [0.4, 0.5) is 11.4 Å². The van der Waals surface area contributed by atoms with Crippen LogP contribution in [0.3, 0.4) is 0 Å². The summed E-state index contributed by atoms with van der Waals surface area (Å²) in [4.78, 5) is 35.2. The number of hydrogen-bond donors (Lipinski definition) is 3. The molecule has 3 N–H and O–H groups in total. The Bertz CT molecular complexity index is 658. The van der Waals surface area contributed by atoms with E-state index in [1.54, 1.807) is 24.3 Å².